The van der Waals surface area contributed by atoms with Crippen LogP contribution in [0.5, 0.6) is 0 Å². The van der Waals surface area contributed by atoms with Crippen LogP contribution in [-0.4, -0.2) is 28.1 Å². The monoisotopic (exact) mass is 309 g/mol. The summed E-state index contributed by atoms with van der Waals surface area (Å²) in [4.78, 5) is 2.63. The largest absolute Gasteiger partial charge is 0.418 e. The van der Waals surface area contributed by atoms with Crippen LogP contribution in [0.15, 0.2) is 24.3 Å². The SMILES string of the molecule is CCN(CC)c1nn(-c2ccccc2C(F)(F)F)nc1C#N. The average molecular weight is 309 g/mol. The molecule has 0 spiro atoms. The van der Waals surface area contributed by atoms with Crippen LogP contribution in [0.25, 0.3) is 5.69 Å². The predicted octanol–water partition coefficient (Wildman–Crippen LogP) is 3.00. The van der Waals surface area contributed by atoms with E-state index in [0.717, 1.165) is 10.9 Å². The topological polar surface area (TPSA) is 57.7 Å². The maximum atomic E-state index is 13.1. The number of alkyl halides is 3. The van der Waals surface area contributed by atoms with Gasteiger partial charge < -0.3 is 4.90 Å². The summed E-state index contributed by atoms with van der Waals surface area (Å²) < 4.78 is 39.2. The molecule has 2 rings (SSSR count). The summed E-state index contributed by atoms with van der Waals surface area (Å²) in [5, 5.41) is 17.1. The number of aromatic nitrogens is 3. The van der Waals surface area contributed by atoms with E-state index in [9.17, 15) is 13.2 Å². The molecule has 0 fully saturated rings. The second-order valence-electron chi connectivity index (χ2n) is 4.46. The molecule has 1 heterocycles. The molecule has 2 aromatic rings. The van der Waals surface area contributed by atoms with E-state index in [1.807, 2.05) is 19.9 Å². The molecule has 0 aliphatic carbocycles. The van der Waals surface area contributed by atoms with Crippen molar-refractivity contribution in [3.63, 3.8) is 0 Å². The highest BCUT2D eigenvalue weighted by Crippen LogP contribution is 2.33. The zero-order chi connectivity index (χ0) is 16.3. The molecule has 0 aliphatic rings. The molecule has 0 aliphatic heterocycles. The number of rotatable bonds is 4. The first kappa shape index (κ1) is 15.8. The minimum Gasteiger partial charge on any atom is -0.353 e. The molecule has 0 saturated heterocycles. The first-order valence-electron chi connectivity index (χ1n) is 6.71. The summed E-state index contributed by atoms with van der Waals surface area (Å²) in [5.41, 5.74) is -1.05. The Hall–Kier alpha value is -2.56. The zero-order valence-corrected chi connectivity index (χ0v) is 12.1. The Labute approximate surface area is 125 Å². The van der Waals surface area contributed by atoms with E-state index in [0.29, 0.717) is 13.1 Å². The van der Waals surface area contributed by atoms with Crippen molar-refractivity contribution in [3.05, 3.63) is 35.5 Å². The Bertz CT molecular complexity index is 695. The van der Waals surface area contributed by atoms with Gasteiger partial charge in [0.05, 0.1) is 11.3 Å². The van der Waals surface area contributed by atoms with Gasteiger partial charge in [-0.1, -0.05) is 12.1 Å². The van der Waals surface area contributed by atoms with Gasteiger partial charge in [-0.15, -0.1) is 15.0 Å². The van der Waals surface area contributed by atoms with Crippen LogP contribution in [0.3, 0.4) is 0 Å². The van der Waals surface area contributed by atoms with Crippen molar-refractivity contribution in [1.82, 2.24) is 15.0 Å². The van der Waals surface area contributed by atoms with Crippen LogP contribution in [0.4, 0.5) is 19.0 Å². The third-order valence-electron chi connectivity index (χ3n) is 3.19. The highest BCUT2D eigenvalue weighted by molar-refractivity contribution is 5.51. The Morgan fingerprint density at radius 2 is 1.82 bits per heavy atom. The van der Waals surface area contributed by atoms with Crippen molar-refractivity contribution in [2.75, 3.05) is 18.0 Å². The first-order chi connectivity index (χ1) is 10.4. The van der Waals surface area contributed by atoms with Gasteiger partial charge in [-0.05, 0) is 26.0 Å². The van der Waals surface area contributed by atoms with E-state index in [1.165, 1.54) is 18.2 Å². The van der Waals surface area contributed by atoms with Gasteiger partial charge in [-0.25, -0.2) is 0 Å². The number of anilines is 1. The quantitative estimate of drug-likeness (QED) is 0.871. The van der Waals surface area contributed by atoms with Crippen LogP contribution in [0, 0.1) is 11.3 Å². The lowest BCUT2D eigenvalue weighted by molar-refractivity contribution is -0.137. The van der Waals surface area contributed by atoms with Gasteiger partial charge in [0.1, 0.15) is 6.07 Å². The maximum absolute atomic E-state index is 13.1. The minimum atomic E-state index is -4.52. The number of para-hydroxylation sites is 1. The van der Waals surface area contributed by atoms with E-state index in [4.69, 9.17) is 5.26 Å². The predicted molar refractivity (Wildman–Crippen MR) is 74.6 cm³/mol. The van der Waals surface area contributed by atoms with Crippen LogP contribution in [-0.2, 0) is 6.18 Å². The normalized spacial score (nSPS) is 11.3. The Balaban J connectivity index is 2.59. The second kappa shape index (κ2) is 6.05. The number of hydrogen-bond acceptors (Lipinski definition) is 4. The fraction of sp³-hybridized carbons (Fsp3) is 0.357. The number of hydrogen-bond donors (Lipinski definition) is 0. The van der Waals surface area contributed by atoms with Crippen LogP contribution in [0.1, 0.15) is 25.1 Å². The highest BCUT2D eigenvalue weighted by atomic mass is 19.4. The highest BCUT2D eigenvalue weighted by Gasteiger charge is 2.34. The van der Waals surface area contributed by atoms with Gasteiger partial charge in [0.25, 0.3) is 0 Å². The maximum Gasteiger partial charge on any atom is 0.418 e. The molecular weight excluding hydrogens is 295 g/mol. The smallest absolute Gasteiger partial charge is 0.353 e. The minimum absolute atomic E-state index is 0.000627. The van der Waals surface area contributed by atoms with E-state index in [1.54, 1.807) is 4.90 Å². The molecule has 1 aromatic heterocycles. The molecule has 0 atom stereocenters. The lowest BCUT2D eigenvalue weighted by atomic mass is 10.2. The summed E-state index contributed by atoms with van der Waals surface area (Å²) in [6.45, 7) is 4.89. The van der Waals surface area contributed by atoms with Crippen molar-refractivity contribution < 1.29 is 13.2 Å². The van der Waals surface area contributed by atoms with E-state index < -0.39 is 11.7 Å². The van der Waals surface area contributed by atoms with Gasteiger partial charge in [0.15, 0.2) is 5.82 Å². The Kier molecular flexibility index (Phi) is 4.35. The molecule has 116 valence electrons. The van der Waals surface area contributed by atoms with Gasteiger partial charge in [0, 0.05) is 13.1 Å². The van der Waals surface area contributed by atoms with E-state index >= 15 is 0 Å². The molecule has 8 heteroatoms. The third kappa shape index (κ3) is 2.88. The van der Waals surface area contributed by atoms with Crippen molar-refractivity contribution >= 4 is 5.82 Å². The van der Waals surface area contributed by atoms with Gasteiger partial charge in [-0.3, -0.25) is 0 Å². The van der Waals surface area contributed by atoms with Crippen molar-refractivity contribution in [2.45, 2.75) is 20.0 Å². The fourth-order valence-corrected chi connectivity index (χ4v) is 2.10. The van der Waals surface area contributed by atoms with Crippen LogP contribution in [0.2, 0.25) is 0 Å². The number of nitrogens with zero attached hydrogens (tertiary/aromatic N) is 5. The van der Waals surface area contributed by atoms with Gasteiger partial charge >= 0.3 is 6.18 Å². The molecule has 0 amide bonds. The Morgan fingerprint density at radius 3 is 2.36 bits per heavy atom. The molecule has 0 radical (unpaired) electrons. The van der Waals surface area contributed by atoms with E-state index in [2.05, 4.69) is 10.2 Å². The summed E-state index contributed by atoms with van der Waals surface area (Å²) in [6.07, 6.45) is -4.52. The number of nitriles is 1. The van der Waals surface area contributed by atoms with Crippen molar-refractivity contribution in [2.24, 2.45) is 0 Å². The van der Waals surface area contributed by atoms with Gasteiger partial charge in [-0.2, -0.15) is 18.4 Å². The van der Waals surface area contributed by atoms with Gasteiger partial charge in [0.2, 0.25) is 5.69 Å². The Morgan fingerprint density at radius 1 is 1.18 bits per heavy atom. The average Bonchev–Trinajstić information content (AvgIpc) is 2.92. The molecule has 0 saturated carbocycles. The van der Waals surface area contributed by atoms with Crippen LogP contribution < -0.4 is 4.90 Å². The first-order valence-corrected chi connectivity index (χ1v) is 6.71. The summed E-state index contributed by atoms with van der Waals surface area (Å²) in [7, 11) is 0. The lowest BCUT2D eigenvalue weighted by Gasteiger charge is -2.17. The fourth-order valence-electron chi connectivity index (χ4n) is 2.10. The van der Waals surface area contributed by atoms with Crippen molar-refractivity contribution in [1.29, 1.82) is 5.26 Å². The van der Waals surface area contributed by atoms with Crippen LogP contribution >= 0.6 is 0 Å². The number of benzene rings is 1. The molecule has 1 aromatic carbocycles. The molecule has 0 unspecified atom stereocenters. The molecule has 0 N–H and O–H groups in total. The molecule has 0 bridgehead atoms. The molecule has 5 nitrogen and oxygen atoms in total. The molecular formula is C14H14F3N5. The second-order valence-corrected chi connectivity index (χ2v) is 4.46. The third-order valence-corrected chi connectivity index (χ3v) is 3.19. The molecule has 22 heavy (non-hydrogen) atoms. The standard InChI is InChI=1S/C14H14F3N5/c1-3-21(4-2)13-11(9-18)19-22(20-13)12-8-6-5-7-10(12)14(15,16)17/h5-8H,3-4H2,1-2H3. The summed E-state index contributed by atoms with van der Waals surface area (Å²) >= 11 is 0. The van der Waals surface area contributed by atoms with Crippen molar-refractivity contribution in [3.8, 4) is 11.8 Å². The summed E-state index contributed by atoms with van der Waals surface area (Å²) in [6, 6.07) is 6.88. The lowest BCUT2D eigenvalue weighted by Crippen LogP contribution is -2.23. The van der Waals surface area contributed by atoms with E-state index in [-0.39, 0.29) is 17.2 Å². The zero-order valence-electron chi connectivity index (χ0n) is 12.1. The summed E-state index contributed by atoms with van der Waals surface area (Å²) in [5.74, 6) is 0.282. The number of halogens is 3.